The highest BCUT2D eigenvalue weighted by Crippen LogP contribution is 2.43. The number of aryl methyl sites for hydroxylation is 6. The van der Waals surface area contributed by atoms with Crippen molar-refractivity contribution in [1.29, 1.82) is 0 Å². The summed E-state index contributed by atoms with van der Waals surface area (Å²) in [6, 6.07) is 36.8. The normalized spacial score (nSPS) is 10.6. The van der Waals surface area contributed by atoms with E-state index in [1.807, 2.05) is 115 Å². The second-order valence-corrected chi connectivity index (χ2v) is 53.5. The third-order valence-corrected chi connectivity index (χ3v) is 39.7. The second kappa shape index (κ2) is 62.0. The maximum Gasteiger partial charge on any atom is 0.198 e. The fourth-order valence-electron chi connectivity index (χ4n) is 12.2. The molecular formula is C102H79Cl13O17S15. The number of furan rings is 1. The zero-order valence-corrected chi connectivity index (χ0v) is 99.6. The fourth-order valence-corrected chi connectivity index (χ4v) is 27.9. The van der Waals surface area contributed by atoms with Crippen LogP contribution in [0.2, 0.25) is 60.5 Å². The van der Waals surface area contributed by atoms with Crippen molar-refractivity contribution in [2.75, 3.05) is 0 Å². The van der Waals surface area contributed by atoms with Crippen LogP contribution in [0.1, 0.15) is 291 Å². The van der Waals surface area contributed by atoms with E-state index < -0.39 is 0 Å². The Morgan fingerprint density at radius 2 is 0.653 bits per heavy atom. The zero-order valence-electron chi connectivity index (χ0n) is 77.5. The number of Topliss-reactive ketones (excluding diaryl/α,β-unsaturated/α-hetero) is 16. The molecular weight excluding hydrogens is 2440 g/mol. The molecule has 0 saturated carbocycles. The van der Waals surface area contributed by atoms with E-state index in [2.05, 4.69) is 0 Å². The Balaban J connectivity index is 0.000000187. The molecule has 770 valence electrons. The average Bonchev–Trinajstić information content (AvgIpc) is 1.68. The third kappa shape index (κ3) is 39.6. The van der Waals surface area contributed by atoms with Crippen LogP contribution in [-0.4, -0.2) is 92.5 Å². The topological polar surface area (TPSA) is 286 Å². The summed E-state index contributed by atoms with van der Waals surface area (Å²) in [5, 5.41) is 14.7. The first kappa shape index (κ1) is 124. The molecule has 16 rings (SSSR count). The number of hydrogen-bond donors (Lipinski definition) is 0. The van der Waals surface area contributed by atoms with Crippen LogP contribution in [0.3, 0.4) is 0 Å². The van der Waals surface area contributed by atoms with E-state index in [9.17, 15) is 76.7 Å². The average molecular weight is 2520 g/mol. The van der Waals surface area contributed by atoms with E-state index >= 15 is 0 Å². The highest BCUT2D eigenvalue weighted by molar-refractivity contribution is 7.22. The summed E-state index contributed by atoms with van der Waals surface area (Å²) in [4.78, 5) is 201. The molecule has 0 fully saturated rings. The maximum atomic E-state index is 12.2. The summed E-state index contributed by atoms with van der Waals surface area (Å²) in [6.45, 7) is 11.4. The summed E-state index contributed by atoms with van der Waals surface area (Å²) < 4.78 is 8.08. The van der Waals surface area contributed by atoms with Crippen LogP contribution in [0.25, 0.3) is 0 Å². The van der Waals surface area contributed by atoms with Crippen LogP contribution in [0.4, 0.5) is 0 Å². The Bertz CT molecular complexity index is 6690. The second-order valence-electron chi connectivity index (χ2n) is 30.7. The smallest absolute Gasteiger partial charge is 0.198 e. The molecule has 0 saturated heterocycles. The van der Waals surface area contributed by atoms with Gasteiger partial charge in [-0.3, -0.25) is 76.7 Å². The van der Waals surface area contributed by atoms with Crippen molar-refractivity contribution in [2.45, 2.75) is 144 Å². The molecule has 0 aromatic carbocycles. The summed E-state index contributed by atoms with van der Waals surface area (Å²) in [5.41, 5.74) is 2.87. The number of ketones is 16. The Labute approximate surface area is 970 Å². The summed E-state index contributed by atoms with van der Waals surface area (Å²) >= 11 is 96.3. The molecule has 0 unspecified atom stereocenters. The van der Waals surface area contributed by atoms with E-state index in [-0.39, 0.29) is 194 Å². The summed E-state index contributed by atoms with van der Waals surface area (Å²) in [6.07, 6.45) is 4.59. The number of carbonyl (C=O) groups is 16. The molecule has 0 aliphatic rings. The Morgan fingerprint density at radius 3 is 1.01 bits per heavy atom. The van der Waals surface area contributed by atoms with E-state index in [0.717, 1.165) is 82.8 Å². The van der Waals surface area contributed by atoms with Crippen LogP contribution in [0, 0.1) is 41.5 Å². The van der Waals surface area contributed by atoms with Gasteiger partial charge in [-0.2, -0.15) is 11.3 Å². The molecule has 0 amide bonds. The number of rotatable bonds is 40. The van der Waals surface area contributed by atoms with Gasteiger partial charge < -0.3 is 4.42 Å². The minimum Gasteiger partial charge on any atom is -0.461 e. The first-order valence-corrected chi connectivity index (χ1v) is 60.8. The molecule has 0 atom stereocenters. The highest BCUT2D eigenvalue weighted by Gasteiger charge is 2.27. The molecule has 0 radical (unpaired) electrons. The molecule has 0 aliphatic carbocycles. The lowest BCUT2D eigenvalue weighted by Crippen LogP contribution is -2.04. The minimum atomic E-state index is -0.285. The predicted molar refractivity (Wildman–Crippen MR) is 620 cm³/mol. The molecule has 16 aromatic rings. The van der Waals surface area contributed by atoms with Gasteiger partial charge in [-0.1, -0.05) is 169 Å². The SMILES string of the molecule is Cc1cc(C(=O)CCC(=O)c2cc(Cl)sc2Cl)c(Cl)s1.Cc1cc(C(=O)CCC(=O)c2csc(Cl)c2)cs1.Cc1ccc(C(=O)CCC(=O)c2ccc(Cl)s2)s1.Cc1ccc(C(=O)CCC(=O)c2cccs2)s1.Cc1sc(C(=O)CCC(=O)c2cc(Cl)c(Cl)s2)cc1Cl.Cc1sc(C(=O)CCC(=O)c2sc(Cl)c(Cl)c2Cl)c(Cl)c1Cl.O=C(CCC(=O)c1cccs1)c1ccco1.O=C(CCC(=O)c1cccs1)c1ccsc1. The highest BCUT2D eigenvalue weighted by atomic mass is 35.5. The number of thiophene rings is 15. The standard InChI is InChI=1S/C13H7Cl5O2S2.2C13H9Cl3O2S2.2C13H11ClO2S2.C13H12O2S2.C12H10O3S.C12H10O2S2/c1-4-7(14)8(15)11(21-4)5(19)2-3-6(20)12-9(16)10(17)13(18)22-12;1-6-7(14)4-11(19-6)9(17)2-3-10(18)12-5-8(15)13(16)20-12;1-6-4-7(12(15)19-6)9(17)2-3-10(18)8-5-11(14)20-13(8)16;1-8-2-5-11(17-8)9(15)3-4-10(16)12-6-7-13(14)18-12;1-8-4-9(6-17-8)11(15)2-3-12(16)10-5-13(14)18-7-10;1-9-4-7-13(17-9)11(15)6-5-10(14)12-3-2-8-16-12;13-9(11-3-1-7-15-11)5-6-10(14)12-4-2-8-16-12;13-10(9-5-7-15-8-9)3-4-11(14)12-2-1-6-16-12/h2-3H2,1H3;2*4-5H,2-3H2,1H3;2,5-7H,3-4H2,1H3;4-7H,2-3H2,1H3;2-4,7-8H,5-6H2,1H3;1-4,7-8H,5-6H2;1-2,5-8H,3-4H2. The monoisotopic (exact) mass is 2510 g/mol. The predicted octanol–water partition coefficient (Wildman–Crippen LogP) is 39.1. The van der Waals surface area contributed by atoms with Crippen LogP contribution in [0.15, 0.2) is 176 Å². The van der Waals surface area contributed by atoms with Gasteiger partial charge in [-0.25, -0.2) is 0 Å². The van der Waals surface area contributed by atoms with E-state index in [1.54, 1.807) is 90.4 Å². The summed E-state index contributed by atoms with van der Waals surface area (Å²) in [5.74, 6) is -0.618. The van der Waals surface area contributed by atoms with Gasteiger partial charge >= 0.3 is 0 Å². The Morgan fingerprint density at radius 1 is 0.238 bits per heavy atom. The van der Waals surface area contributed by atoms with Gasteiger partial charge in [0.25, 0.3) is 0 Å². The van der Waals surface area contributed by atoms with Crippen molar-refractivity contribution >= 4 is 413 Å². The van der Waals surface area contributed by atoms with Crippen molar-refractivity contribution in [3.63, 3.8) is 0 Å². The largest absolute Gasteiger partial charge is 0.461 e. The molecule has 16 aromatic heterocycles. The molecule has 17 nitrogen and oxygen atoms in total. The third-order valence-electron chi connectivity index (χ3n) is 19.8. The fraction of sp³-hybridized carbons (Fsp3) is 0.216. The lowest BCUT2D eigenvalue weighted by Gasteiger charge is -1.99. The molecule has 45 heteroatoms. The molecule has 0 spiro atoms. The molecule has 0 N–H and O–H groups in total. The van der Waals surface area contributed by atoms with Gasteiger partial charge in [0.1, 0.15) is 17.3 Å². The quantitative estimate of drug-likeness (QED) is 0.0322. The number of halogens is 13. The zero-order chi connectivity index (χ0) is 108. The van der Waals surface area contributed by atoms with Crippen LogP contribution in [-0.2, 0) is 0 Å². The van der Waals surface area contributed by atoms with Crippen LogP contribution >= 0.6 is 321 Å². The van der Waals surface area contributed by atoms with Crippen molar-refractivity contribution in [3.05, 3.63) is 343 Å². The van der Waals surface area contributed by atoms with Gasteiger partial charge in [-0.05, 0) is 172 Å². The van der Waals surface area contributed by atoms with Crippen molar-refractivity contribution < 1.29 is 81.1 Å². The van der Waals surface area contributed by atoms with Crippen LogP contribution < -0.4 is 0 Å². The minimum absolute atomic E-state index is 0.00335. The van der Waals surface area contributed by atoms with Crippen molar-refractivity contribution in [1.82, 2.24) is 0 Å². The van der Waals surface area contributed by atoms with Gasteiger partial charge in [0, 0.05) is 176 Å². The molecule has 147 heavy (non-hydrogen) atoms. The van der Waals surface area contributed by atoms with Crippen LogP contribution in [0.5, 0.6) is 0 Å². The summed E-state index contributed by atoms with van der Waals surface area (Å²) in [7, 11) is 0. The van der Waals surface area contributed by atoms with Gasteiger partial charge in [0.05, 0.1) is 98.2 Å². The van der Waals surface area contributed by atoms with Gasteiger partial charge in [0.2, 0.25) is 0 Å². The van der Waals surface area contributed by atoms with E-state index in [0.29, 0.717) is 125 Å². The molecule has 0 aliphatic heterocycles. The number of hydrogen-bond acceptors (Lipinski definition) is 32. The van der Waals surface area contributed by atoms with Crippen molar-refractivity contribution in [3.8, 4) is 0 Å². The molecule has 0 bridgehead atoms. The number of carbonyl (C=O) groups excluding carboxylic acids is 16. The van der Waals surface area contributed by atoms with Gasteiger partial charge in [-0.15, -0.1) is 159 Å². The lowest BCUT2D eigenvalue weighted by atomic mass is 10.0. The first-order valence-electron chi connectivity index (χ1n) is 43.2. The lowest BCUT2D eigenvalue weighted by molar-refractivity contribution is 0.0904. The maximum absolute atomic E-state index is 12.2. The van der Waals surface area contributed by atoms with Crippen molar-refractivity contribution in [2.24, 2.45) is 0 Å². The van der Waals surface area contributed by atoms with E-state index in [4.69, 9.17) is 155 Å². The first-order chi connectivity index (χ1) is 69.8. The molecule has 16 heterocycles. The Kier molecular flexibility index (Phi) is 52.2. The van der Waals surface area contributed by atoms with E-state index in [1.165, 1.54) is 143 Å². The Hall–Kier alpha value is -6.73. The van der Waals surface area contributed by atoms with Gasteiger partial charge in [0.15, 0.2) is 98.3 Å².